The van der Waals surface area contributed by atoms with Gasteiger partial charge in [0.25, 0.3) is 5.91 Å². The molecule has 0 spiro atoms. The second-order valence-electron chi connectivity index (χ2n) is 6.40. The van der Waals surface area contributed by atoms with Crippen LogP contribution in [0.1, 0.15) is 23.7 Å². The summed E-state index contributed by atoms with van der Waals surface area (Å²) < 4.78 is 14.1. The molecule has 3 rings (SSSR count). The Bertz CT molecular complexity index is 715. The predicted molar refractivity (Wildman–Crippen MR) is 91.2 cm³/mol. The molecule has 1 aromatic carbocycles. The lowest BCUT2D eigenvalue weighted by Crippen LogP contribution is -2.36. The first-order valence-electron chi connectivity index (χ1n) is 8.36. The van der Waals surface area contributed by atoms with E-state index in [4.69, 9.17) is 0 Å². The molecule has 1 atom stereocenters. The molecule has 128 valence electrons. The average Bonchev–Trinajstić information content (AvgIpc) is 3.21. The summed E-state index contributed by atoms with van der Waals surface area (Å²) in [7, 11) is 2.10. The number of nitrogens with one attached hydrogen (secondary N) is 1. The van der Waals surface area contributed by atoms with Gasteiger partial charge in [-0.15, -0.1) is 0 Å². The van der Waals surface area contributed by atoms with E-state index in [1.165, 1.54) is 12.3 Å². The molecule has 0 unspecified atom stereocenters. The summed E-state index contributed by atoms with van der Waals surface area (Å²) in [4.78, 5) is 17.1. The molecule has 6 heteroatoms. The van der Waals surface area contributed by atoms with E-state index in [2.05, 4.69) is 22.1 Å². The van der Waals surface area contributed by atoms with E-state index in [1.807, 2.05) is 11.8 Å². The summed E-state index contributed by atoms with van der Waals surface area (Å²) in [6.45, 7) is 5.40. The molecule has 0 radical (unpaired) electrons. The van der Waals surface area contributed by atoms with Gasteiger partial charge in [0.05, 0.1) is 17.5 Å². The topological polar surface area (TPSA) is 52.2 Å². The molecule has 2 heterocycles. The van der Waals surface area contributed by atoms with E-state index in [0.29, 0.717) is 29.3 Å². The number of likely N-dealkylation sites (tertiary alicyclic amines) is 1. The van der Waals surface area contributed by atoms with Crippen molar-refractivity contribution in [3.8, 4) is 11.3 Å². The number of hydrogen-bond donors (Lipinski definition) is 1. The van der Waals surface area contributed by atoms with Crippen LogP contribution in [0, 0.1) is 11.7 Å². The maximum atomic E-state index is 14.1. The lowest BCUT2D eigenvalue weighted by Gasteiger charge is -2.24. The van der Waals surface area contributed by atoms with Gasteiger partial charge < -0.3 is 9.80 Å². The molecule has 5 nitrogen and oxygen atoms in total. The van der Waals surface area contributed by atoms with Crippen molar-refractivity contribution < 1.29 is 9.18 Å². The fourth-order valence-electron chi connectivity index (χ4n) is 3.33. The van der Waals surface area contributed by atoms with Gasteiger partial charge in [0.1, 0.15) is 5.82 Å². The van der Waals surface area contributed by atoms with E-state index >= 15 is 0 Å². The van der Waals surface area contributed by atoms with Crippen LogP contribution in [0.3, 0.4) is 0 Å². The molecular formula is C18H23FN4O. The standard InChI is InChI=1S/C18H23FN4O/c1-3-23(12-13-8-9-22(2)11-13)18(24)15-10-20-21-17(15)14-6-4-5-7-16(14)19/h4-7,10,13H,3,8-9,11-12H2,1-2H3,(H,20,21)/t13-/m0/s1. The van der Waals surface area contributed by atoms with Crippen molar-refractivity contribution in [3.63, 3.8) is 0 Å². The molecule has 1 aromatic heterocycles. The Morgan fingerprint density at radius 3 is 2.92 bits per heavy atom. The zero-order valence-corrected chi connectivity index (χ0v) is 14.1. The summed E-state index contributed by atoms with van der Waals surface area (Å²) in [5.74, 6) is 0.0260. The van der Waals surface area contributed by atoms with Crippen molar-refractivity contribution in [1.29, 1.82) is 0 Å². The number of H-pyrrole nitrogens is 1. The Labute approximate surface area is 141 Å². The molecule has 0 saturated carbocycles. The Balaban J connectivity index is 1.82. The van der Waals surface area contributed by atoms with Crippen molar-refractivity contribution in [2.45, 2.75) is 13.3 Å². The molecule has 1 amide bonds. The number of benzene rings is 1. The molecule has 24 heavy (non-hydrogen) atoms. The van der Waals surface area contributed by atoms with Gasteiger partial charge in [0.2, 0.25) is 0 Å². The third kappa shape index (κ3) is 3.33. The number of carbonyl (C=O) groups excluding carboxylic acids is 1. The first-order chi connectivity index (χ1) is 11.6. The molecule has 0 bridgehead atoms. The van der Waals surface area contributed by atoms with Gasteiger partial charge in [-0.25, -0.2) is 4.39 Å². The van der Waals surface area contributed by atoms with Crippen LogP contribution < -0.4 is 0 Å². The fourth-order valence-corrected chi connectivity index (χ4v) is 3.33. The Hall–Kier alpha value is -2.21. The normalized spacial score (nSPS) is 18.0. The van der Waals surface area contributed by atoms with E-state index in [-0.39, 0.29) is 11.7 Å². The first kappa shape index (κ1) is 16.6. The summed E-state index contributed by atoms with van der Waals surface area (Å²) in [5, 5.41) is 6.75. The van der Waals surface area contributed by atoms with Gasteiger partial charge in [-0.3, -0.25) is 9.89 Å². The van der Waals surface area contributed by atoms with Crippen molar-refractivity contribution in [1.82, 2.24) is 20.0 Å². The van der Waals surface area contributed by atoms with Gasteiger partial charge in [-0.2, -0.15) is 5.10 Å². The molecule has 0 aliphatic carbocycles. The number of aromatic amines is 1. The number of nitrogens with zero attached hydrogens (tertiary/aromatic N) is 3. The zero-order valence-electron chi connectivity index (χ0n) is 14.1. The van der Waals surface area contributed by atoms with Crippen molar-refractivity contribution in [2.24, 2.45) is 5.92 Å². The monoisotopic (exact) mass is 330 g/mol. The number of amides is 1. The van der Waals surface area contributed by atoms with E-state index < -0.39 is 0 Å². The number of carbonyl (C=O) groups is 1. The van der Waals surface area contributed by atoms with Crippen LogP contribution in [0.25, 0.3) is 11.3 Å². The maximum Gasteiger partial charge on any atom is 0.257 e. The lowest BCUT2D eigenvalue weighted by atomic mass is 10.0. The zero-order chi connectivity index (χ0) is 17.1. The number of rotatable bonds is 5. The minimum absolute atomic E-state index is 0.0981. The van der Waals surface area contributed by atoms with Crippen LogP contribution in [0.2, 0.25) is 0 Å². The van der Waals surface area contributed by atoms with E-state index in [9.17, 15) is 9.18 Å². The van der Waals surface area contributed by atoms with Gasteiger partial charge >= 0.3 is 0 Å². The molecular weight excluding hydrogens is 307 g/mol. The van der Waals surface area contributed by atoms with Gasteiger partial charge in [-0.1, -0.05) is 12.1 Å². The summed E-state index contributed by atoms with van der Waals surface area (Å²) >= 11 is 0. The van der Waals surface area contributed by atoms with Crippen molar-refractivity contribution in [3.05, 3.63) is 41.8 Å². The van der Waals surface area contributed by atoms with Gasteiger partial charge in [-0.05, 0) is 45.0 Å². The third-order valence-corrected chi connectivity index (χ3v) is 4.65. The number of halogens is 1. The van der Waals surface area contributed by atoms with Crippen LogP contribution in [-0.2, 0) is 0 Å². The van der Waals surface area contributed by atoms with Crippen molar-refractivity contribution in [2.75, 3.05) is 33.2 Å². The largest absolute Gasteiger partial charge is 0.338 e. The molecule has 2 aromatic rings. The number of aromatic nitrogens is 2. The van der Waals surface area contributed by atoms with Crippen LogP contribution in [0.15, 0.2) is 30.5 Å². The highest BCUT2D eigenvalue weighted by atomic mass is 19.1. The van der Waals surface area contributed by atoms with Crippen LogP contribution in [0.5, 0.6) is 0 Å². The SMILES string of the molecule is CCN(C[C@H]1CCN(C)C1)C(=O)c1cn[nH]c1-c1ccccc1F. The molecule has 1 aliphatic heterocycles. The lowest BCUT2D eigenvalue weighted by molar-refractivity contribution is 0.0740. The second-order valence-corrected chi connectivity index (χ2v) is 6.40. The minimum Gasteiger partial charge on any atom is -0.338 e. The molecule has 1 fully saturated rings. The Morgan fingerprint density at radius 2 is 2.25 bits per heavy atom. The van der Waals surface area contributed by atoms with E-state index in [0.717, 1.165) is 26.1 Å². The van der Waals surface area contributed by atoms with Crippen LogP contribution in [-0.4, -0.2) is 59.1 Å². The molecule has 1 aliphatic rings. The predicted octanol–water partition coefficient (Wildman–Crippen LogP) is 2.63. The third-order valence-electron chi connectivity index (χ3n) is 4.65. The fraction of sp³-hybridized carbons (Fsp3) is 0.444. The summed E-state index contributed by atoms with van der Waals surface area (Å²) in [5.41, 5.74) is 1.24. The summed E-state index contributed by atoms with van der Waals surface area (Å²) in [6.07, 6.45) is 2.60. The highest BCUT2D eigenvalue weighted by molar-refractivity contribution is 5.99. The number of hydrogen-bond acceptors (Lipinski definition) is 3. The average molecular weight is 330 g/mol. The highest BCUT2D eigenvalue weighted by Crippen LogP contribution is 2.25. The first-order valence-corrected chi connectivity index (χ1v) is 8.36. The van der Waals surface area contributed by atoms with E-state index in [1.54, 1.807) is 18.2 Å². The van der Waals surface area contributed by atoms with Crippen molar-refractivity contribution >= 4 is 5.91 Å². The second kappa shape index (κ2) is 7.13. The molecule has 1 N–H and O–H groups in total. The highest BCUT2D eigenvalue weighted by Gasteiger charge is 2.26. The quantitative estimate of drug-likeness (QED) is 0.917. The van der Waals surface area contributed by atoms with Crippen LogP contribution in [0.4, 0.5) is 4.39 Å². The Morgan fingerprint density at radius 1 is 1.46 bits per heavy atom. The van der Waals surface area contributed by atoms with Crippen LogP contribution >= 0.6 is 0 Å². The Kier molecular flexibility index (Phi) is 4.94. The minimum atomic E-state index is -0.365. The summed E-state index contributed by atoms with van der Waals surface area (Å²) in [6, 6.07) is 6.42. The van der Waals surface area contributed by atoms with Gasteiger partial charge in [0, 0.05) is 25.2 Å². The maximum absolute atomic E-state index is 14.1. The van der Waals surface area contributed by atoms with Gasteiger partial charge in [0.15, 0.2) is 0 Å². The molecule has 1 saturated heterocycles. The smallest absolute Gasteiger partial charge is 0.257 e.